The number of para-hydroxylation sites is 2. The molecule has 0 radical (unpaired) electrons. The number of carbonyl (C=O) groups is 4. The van der Waals surface area contributed by atoms with Gasteiger partial charge in [0.1, 0.15) is 18.4 Å². The van der Waals surface area contributed by atoms with Gasteiger partial charge < -0.3 is 20.4 Å². The van der Waals surface area contributed by atoms with Gasteiger partial charge in [0.15, 0.2) is 0 Å². The Bertz CT molecular complexity index is 1450. The van der Waals surface area contributed by atoms with Crippen LogP contribution in [0.1, 0.15) is 50.8 Å². The van der Waals surface area contributed by atoms with Crippen LogP contribution in [0.3, 0.4) is 0 Å². The molecule has 0 bridgehead atoms. The Kier molecular flexibility index (Phi) is 9.08. The molecule has 0 spiro atoms. The van der Waals surface area contributed by atoms with Crippen LogP contribution in [0.25, 0.3) is 0 Å². The van der Waals surface area contributed by atoms with Crippen molar-refractivity contribution in [3.8, 4) is 0 Å². The minimum absolute atomic E-state index is 0.0265. The highest BCUT2D eigenvalue weighted by atomic mass is 35.5. The summed E-state index contributed by atoms with van der Waals surface area (Å²) in [5.41, 5.74) is 1.45. The summed E-state index contributed by atoms with van der Waals surface area (Å²) in [4.78, 5) is 55.8. The molecule has 0 saturated heterocycles. The van der Waals surface area contributed by atoms with Gasteiger partial charge in [0.25, 0.3) is 0 Å². The first-order chi connectivity index (χ1) is 19.4. The molecule has 8 nitrogen and oxygen atoms in total. The van der Waals surface area contributed by atoms with Gasteiger partial charge in [0.2, 0.25) is 23.6 Å². The Labute approximate surface area is 243 Å². The summed E-state index contributed by atoms with van der Waals surface area (Å²) >= 11 is 6.43. The van der Waals surface area contributed by atoms with E-state index in [-0.39, 0.29) is 31.8 Å². The molecular formula is C31H32ClFN4O4. The van der Waals surface area contributed by atoms with Crippen molar-refractivity contribution in [2.24, 2.45) is 0 Å². The van der Waals surface area contributed by atoms with E-state index in [2.05, 4.69) is 10.6 Å². The summed E-state index contributed by atoms with van der Waals surface area (Å²) in [6.45, 7) is 5.26. The highest BCUT2D eigenvalue weighted by Crippen LogP contribution is 2.31. The second kappa shape index (κ2) is 12.5. The second-order valence-corrected chi connectivity index (χ2v) is 11.3. The zero-order valence-corrected chi connectivity index (χ0v) is 23.9. The quantitative estimate of drug-likeness (QED) is 0.382. The summed E-state index contributed by atoms with van der Waals surface area (Å²) in [7, 11) is 0. The molecule has 4 amide bonds. The summed E-state index contributed by atoms with van der Waals surface area (Å²) in [6, 6.07) is 18.1. The Morgan fingerprint density at radius 3 is 2.34 bits per heavy atom. The van der Waals surface area contributed by atoms with Crippen LogP contribution < -0.4 is 15.5 Å². The molecule has 2 N–H and O–H groups in total. The smallest absolute Gasteiger partial charge is 0.247 e. The highest BCUT2D eigenvalue weighted by Gasteiger charge is 2.34. The van der Waals surface area contributed by atoms with E-state index in [0.29, 0.717) is 27.5 Å². The SMILES string of the molecule is CC(C)(C)NC(=O)[C@@H](c1ccc(F)cc1)N(Cc1ccccc1Cl)C(=O)CCC(=O)N1CC(=O)Nc2ccccc21. The summed E-state index contributed by atoms with van der Waals surface area (Å²) in [5, 5.41) is 6.07. The lowest BCUT2D eigenvalue weighted by molar-refractivity contribution is -0.142. The molecule has 4 rings (SSSR count). The number of rotatable bonds is 8. The largest absolute Gasteiger partial charge is 0.349 e. The van der Waals surface area contributed by atoms with Crippen molar-refractivity contribution in [3.05, 3.63) is 94.8 Å². The average molecular weight is 579 g/mol. The number of anilines is 2. The number of hydrogen-bond donors (Lipinski definition) is 2. The van der Waals surface area contributed by atoms with Gasteiger partial charge in [-0.15, -0.1) is 0 Å². The van der Waals surface area contributed by atoms with Crippen LogP contribution in [0.4, 0.5) is 15.8 Å². The number of halogens is 2. The highest BCUT2D eigenvalue weighted by molar-refractivity contribution is 6.31. The molecule has 1 heterocycles. The Balaban J connectivity index is 1.65. The van der Waals surface area contributed by atoms with Crippen LogP contribution in [-0.4, -0.2) is 40.6 Å². The number of nitrogens with one attached hydrogen (secondary N) is 2. The fourth-order valence-electron chi connectivity index (χ4n) is 4.64. The lowest BCUT2D eigenvalue weighted by Crippen LogP contribution is -2.49. The maximum absolute atomic E-state index is 13.9. The molecular weight excluding hydrogens is 547 g/mol. The van der Waals surface area contributed by atoms with E-state index in [0.717, 1.165) is 0 Å². The molecule has 10 heteroatoms. The van der Waals surface area contributed by atoms with Gasteiger partial charge >= 0.3 is 0 Å². The Hall–Kier alpha value is -4.24. The van der Waals surface area contributed by atoms with Gasteiger partial charge in [0, 0.05) is 29.9 Å². The third-order valence-corrected chi connectivity index (χ3v) is 6.86. The molecule has 214 valence electrons. The molecule has 1 aliphatic heterocycles. The van der Waals surface area contributed by atoms with Crippen molar-refractivity contribution in [1.82, 2.24) is 10.2 Å². The third-order valence-electron chi connectivity index (χ3n) is 6.49. The van der Waals surface area contributed by atoms with E-state index in [1.54, 1.807) is 48.5 Å². The summed E-state index contributed by atoms with van der Waals surface area (Å²) in [5.74, 6) is -2.16. The number of nitrogens with zero attached hydrogens (tertiary/aromatic N) is 2. The monoisotopic (exact) mass is 578 g/mol. The van der Waals surface area contributed by atoms with Crippen LogP contribution in [0, 0.1) is 5.82 Å². The van der Waals surface area contributed by atoms with E-state index in [9.17, 15) is 23.6 Å². The fourth-order valence-corrected chi connectivity index (χ4v) is 4.83. The van der Waals surface area contributed by atoms with E-state index in [1.165, 1.54) is 34.1 Å². The van der Waals surface area contributed by atoms with Gasteiger partial charge in [-0.1, -0.05) is 54.1 Å². The molecule has 0 saturated carbocycles. The van der Waals surface area contributed by atoms with E-state index in [4.69, 9.17) is 11.6 Å². The lowest BCUT2D eigenvalue weighted by atomic mass is 10.00. The fraction of sp³-hybridized carbons (Fsp3) is 0.290. The Morgan fingerprint density at radius 1 is 1.00 bits per heavy atom. The minimum atomic E-state index is -1.13. The normalized spacial score (nSPS) is 13.6. The van der Waals surface area contributed by atoms with Crippen molar-refractivity contribution in [3.63, 3.8) is 0 Å². The van der Waals surface area contributed by atoms with Crippen LogP contribution in [0.5, 0.6) is 0 Å². The average Bonchev–Trinajstić information content (AvgIpc) is 2.91. The van der Waals surface area contributed by atoms with Crippen molar-refractivity contribution in [2.45, 2.75) is 51.7 Å². The number of fused-ring (bicyclic) bond motifs is 1. The standard InChI is InChI=1S/C31H32ClFN4O4/c1-31(2,3)35-30(41)29(20-12-14-22(33)15-13-20)37(18-21-8-4-5-9-23(21)32)28(40)17-16-27(39)36-19-26(38)34-24-10-6-7-11-25(24)36/h4-15,29H,16-19H2,1-3H3,(H,34,38)(H,35,41)/t29-/m1/s1. The van der Waals surface area contributed by atoms with E-state index < -0.39 is 35.1 Å². The predicted octanol–water partition coefficient (Wildman–Crippen LogP) is 5.23. The van der Waals surface area contributed by atoms with Crippen molar-refractivity contribution in [2.75, 3.05) is 16.8 Å². The molecule has 0 aliphatic carbocycles. The molecule has 3 aromatic rings. The number of amides is 4. The zero-order chi connectivity index (χ0) is 29.7. The molecule has 0 unspecified atom stereocenters. The van der Waals surface area contributed by atoms with Crippen molar-refractivity contribution < 1.29 is 23.6 Å². The van der Waals surface area contributed by atoms with Gasteiger partial charge in [-0.3, -0.25) is 19.2 Å². The maximum atomic E-state index is 13.9. The summed E-state index contributed by atoms with van der Waals surface area (Å²) in [6.07, 6.45) is -0.430. The van der Waals surface area contributed by atoms with E-state index in [1.807, 2.05) is 20.8 Å². The Morgan fingerprint density at radius 2 is 1.66 bits per heavy atom. The van der Waals surface area contributed by atoms with Crippen LogP contribution in [-0.2, 0) is 25.7 Å². The molecule has 0 aromatic heterocycles. The zero-order valence-electron chi connectivity index (χ0n) is 23.1. The van der Waals surface area contributed by atoms with Crippen molar-refractivity contribution >= 4 is 46.6 Å². The number of carbonyl (C=O) groups excluding carboxylic acids is 4. The van der Waals surface area contributed by atoms with Gasteiger partial charge in [0.05, 0.1) is 11.4 Å². The first kappa shape index (κ1) is 29.7. The van der Waals surface area contributed by atoms with Crippen LogP contribution in [0.2, 0.25) is 5.02 Å². The third kappa shape index (κ3) is 7.49. The minimum Gasteiger partial charge on any atom is -0.349 e. The number of benzene rings is 3. The summed E-state index contributed by atoms with van der Waals surface area (Å²) < 4.78 is 13.8. The number of hydrogen-bond acceptors (Lipinski definition) is 4. The topological polar surface area (TPSA) is 98.8 Å². The first-order valence-electron chi connectivity index (χ1n) is 13.2. The molecule has 41 heavy (non-hydrogen) atoms. The second-order valence-electron chi connectivity index (χ2n) is 10.9. The van der Waals surface area contributed by atoms with Gasteiger partial charge in [-0.05, 0) is 62.2 Å². The molecule has 1 aliphatic rings. The van der Waals surface area contributed by atoms with Crippen LogP contribution in [0.15, 0.2) is 72.8 Å². The van der Waals surface area contributed by atoms with Gasteiger partial charge in [-0.2, -0.15) is 0 Å². The predicted molar refractivity (Wildman–Crippen MR) is 156 cm³/mol. The van der Waals surface area contributed by atoms with Crippen LogP contribution >= 0.6 is 11.6 Å². The molecule has 3 aromatic carbocycles. The molecule has 1 atom stereocenters. The van der Waals surface area contributed by atoms with Gasteiger partial charge in [-0.25, -0.2) is 4.39 Å². The maximum Gasteiger partial charge on any atom is 0.247 e. The lowest BCUT2D eigenvalue weighted by Gasteiger charge is -2.34. The van der Waals surface area contributed by atoms with Crippen molar-refractivity contribution in [1.29, 1.82) is 0 Å². The van der Waals surface area contributed by atoms with E-state index >= 15 is 0 Å². The first-order valence-corrected chi connectivity index (χ1v) is 13.6. The molecule has 0 fully saturated rings.